The van der Waals surface area contributed by atoms with E-state index in [1.165, 1.54) is 0 Å². The Morgan fingerprint density at radius 1 is 1.20 bits per heavy atom. The maximum absolute atomic E-state index is 11.6. The molecule has 0 amide bonds. The average Bonchev–Trinajstić information content (AvgIpc) is 2.49. The van der Waals surface area contributed by atoms with E-state index in [2.05, 4.69) is 6.92 Å². The van der Waals surface area contributed by atoms with Crippen molar-refractivity contribution in [3.05, 3.63) is 30.3 Å². The van der Waals surface area contributed by atoms with Crippen molar-refractivity contribution >= 4 is 5.97 Å². The SMILES string of the molecule is CCCCOC(CC)COC(=O)COc1ccccc1. The number of hydrogen-bond donors (Lipinski definition) is 0. The number of benzene rings is 1. The molecule has 0 aliphatic heterocycles. The summed E-state index contributed by atoms with van der Waals surface area (Å²) in [5.74, 6) is 0.294. The lowest BCUT2D eigenvalue weighted by Crippen LogP contribution is -2.24. The Bertz CT molecular complexity index is 364. The largest absolute Gasteiger partial charge is 0.482 e. The molecule has 0 N–H and O–H groups in total. The van der Waals surface area contributed by atoms with Gasteiger partial charge in [-0.1, -0.05) is 38.5 Å². The maximum Gasteiger partial charge on any atom is 0.344 e. The number of rotatable bonds is 10. The van der Waals surface area contributed by atoms with Gasteiger partial charge in [0.1, 0.15) is 12.4 Å². The van der Waals surface area contributed by atoms with Crippen LogP contribution in [0.15, 0.2) is 30.3 Å². The first-order chi connectivity index (χ1) is 9.76. The lowest BCUT2D eigenvalue weighted by atomic mass is 10.3. The second kappa shape index (κ2) is 10.3. The fourth-order valence-corrected chi connectivity index (χ4v) is 1.56. The number of ether oxygens (including phenoxy) is 3. The summed E-state index contributed by atoms with van der Waals surface area (Å²) in [7, 11) is 0. The minimum atomic E-state index is -0.369. The van der Waals surface area contributed by atoms with Gasteiger partial charge in [-0.3, -0.25) is 0 Å². The van der Waals surface area contributed by atoms with E-state index in [4.69, 9.17) is 14.2 Å². The van der Waals surface area contributed by atoms with Gasteiger partial charge in [-0.05, 0) is 25.0 Å². The molecule has 0 saturated carbocycles. The second-order valence-corrected chi connectivity index (χ2v) is 4.54. The summed E-state index contributed by atoms with van der Waals surface area (Å²) >= 11 is 0. The molecular formula is C16H24O4. The molecule has 0 bridgehead atoms. The molecule has 0 fully saturated rings. The van der Waals surface area contributed by atoms with E-state index in [1.54, 1.807) is 12.1 Å². The van der Waals surface area contributed by atoms with Crippen molar-refractivity contribution in [1.29, 1.82) is 0 Å². The van der Waals surface area contributed by atoms with Gasteiger partial charge in [-0.25, -0.2) is 4.79 Å². The number of hydrogen-bond acceptors (Lipinski definition) is 4. The number of esters is 1. The van der Waals surface area contributed by atoms with Crippen molar-refractivity contribution in [3.63, 3.8) is 0 Å². The molecule has 0 spiro atoms. The molecule has 1 unspecified atom stereocenters. The van der Waals surface area contributed by atoms with Gasteiger partial charge in [0.25, 0.3) is 0 Å². The van der Waals surface area contributed by atoms with Gasteiger partial charge < -0.3 is 14.2 Å². The molecule has 0 heterocycles. The summed E-state index contributed by atoms with van der Waals surface area (Å²) in [6.07, 6.45) is 2.93. The van der Waals surface area contributed by atoms with E-state index in [-0.39, 0.29) is 25.3 Å². The van der Waals surface area contributed by atoms with Crippen LogP contribution in [0.1, 0.15) is 33.1 Å². The van der Waals surface area contributed by atoms with Crippen LogP contribution in [0.4, 0.5) is 0 Å². The minimum absolute atomic E-state index is 0.0257. The van der Waals surface area contributed by atoms with Crippen molar-refractivity contribution in [1.82, 2.24) is 0 Å². The summed E-state index contributed by atoms with van der Waals surface area (Å²) in [5, 5.41) is 0. The standard InChI is InChI=1S/C16H24O4/c1-3-5-11-18-14(4-2)12-20-16(17)13-19-15-9-7-6-8-10-15/h6-10,14H,3-5,11-13H2,1-2H3. The van der Waals surface area contributed by atoms with Crippen LogP contribution in [-0.4, -0.2) is 31.9 Å². The molecule has 0 aliphatic carbocycles. The smallest absolute Gasteiger partial charge is 0.344 e. The normalized spacial score (nSPS) is 11.9. The number of carbonyl (C=O) groups is 1. The molecule has 112 valence electrons. The van der Waals surface area contributed by atoms with Crippen LogP contribution in [0.2, 0.25) is 0 Å². The van der Waals surface area contributed by atoms with Crippen LogP contribution in [0, 0.1) is 0 Å². The third-order valence-electron chi connectivity index (χ3n) is 2.84. The third kappa shape index (κ3) is 7.14. The summed E-state index contributed by atoms with van der Waals surface area (Å²) in [5.41, 5.74) is 0. The molecule has 4 heteroatoms. The monoisotopic (exact) mass is 280 g/mol. The lowest BCUT2D eigenvalue weighted by molar-refractivity contribution is -0.150. The first kappa shape index (κ1) is 16.5. The summed E-state index contributed by atoms with van der Waals surface area (Å²) < 4.78 is 16.1. The van der Waals surface area contributed by atoms with Gasteiger partial charge in [0, 0.05) is 6.61 Å². The van der Waals surface area contributed by atoms with E-state index < -0.39 is 0 Å². The van der Waals surface area contributed by atoms with E-state index in [1.807, 2.05) is 25.1 Å². The Hall–Kier alpha value is -1.55. The number of para-hydroxylation sites is 1. The van der Waals surface area contributed by atoms with E-state index >= 15 is 0 Å². The van der Waals surface area contributed by atoms with Gasteiger partial charge in [0.2, 0.25) is 0 Å². The topological polar surface area (TPSA) is 44.8 Å². The van der Waals surface area contributed by atoms with Gasteiger partial charge in [-0.2, -0.15) is 0 Å². The zero-order valence-corrected chi connectivity index (χ0v) is 12.3. The molecule has 1 atom stereocenters. The molecule has 4 nitrogen and oxygen atoms in total. The van der Waals surface area contributed by atoms with E-state index in [0.29, 0.717) is 12.4 Å². The summed E-state index contributed by atoms with van der Waals surface area (Å²) in [4.78, 5) is 11.6. The van der Waals surface area contributed by atoms with Crippen LogP contribution < -0.4 is 4.74 Å². The molecular weight excluding hydrogens is 256 g/mol. The average molecular weight is 280 g/mol. The van der Waals surface area contributed by atoms with E-state index in [0.717, 1.165) is 19.3 Å². The quantitative estimate of drug-likeness (QED) is 0.487. The minimum Gasteiger partial charge on any atom is -0.482 e. The van der Waals surface area contributed by atoms with Gasteiger partial charge in [-0.15, -0.1) is 0 Å². The predicted molar refractivity (Wildman–Crippen MR) is 77.8 cm³/mol. The number of carbonyl (C=O) groups excluding carboxylic acids is 1. The van der Waals surface area contributed by atoms with Gasteiger partial charge in [0.05, 0.1) is 6.10 Å². The molecule has 0 aliphatic rings. The Morgan fingerprint density at radius 3 is 2.60 bits per heavy atom. The zero-order chi connectivity index (χ0) is 14.6. The van der Waals surface area contributed by atoms with Crippen LogP contribution in [0.3, 0.4) is 0 Å². The van der Waals surface area contributed by atoms with Crippen LogP contribution in [-0.2, 0) is 14.3 Å². The molecule has 20 heavy (non-hydrogen) atoms. The second-order valence-electron chi connectivity index (χ2n) is 4.54. The summed E-state index contributed by atoms with van der Waals surface area (Å²) in [6, 6.07) is 9.21. The fourth-order valence-electron chi connectivity index (χ4n) is 1.56. The highest BCUT2D eigenvalue weighted by Crippen LogP contribution is 2.08. The first-order valence-electron chi connectivity index (χ1n) is 7.21. The van der Waals surface area contributed by atoms with Gasteiger partial charge >= 0.3 is 5.97 Å². The molecule has 0 aromatic heterocycles. The molecule has 0 radical (unpaired) electrons. The van der Waals surface area contributed by atoms with Crippen LogP contribution in [0.25, 0.3) is 0 Å². The van der Waals surface area contributed by atoms with Crippen molar-refractivity contribution in [2.45, 2.75) is 39.2 Å². The highest BCUT2D eigenvalue weighted by molar-refractivity contribution is 5.71. The fraction of sp³-hybridized carbons (Fsp3) is 0.562. The third-order valence-corrected chi connectivity index (χ3v) is 2.84. The van der Waals surface area contributed by atoms with Gasteiger partial charge in [0.15, 0.2) is 6.61 Å². The zero-order valence-electron chi connectivity index (χ0n) is 12.3. The molecule has 1 aromatic rings. The predicted octanol–water partition coefficient (Wildman–Crippen LogP) is 3.20. The molecule has 0 saturated heterocycles. The Labute approximate surface area is 121 Å². The summed E-state index contributed by atoms with van der Waals surface area (Å²) in [6.45, 7) is 5.07. The highest BCUT2D eigenvalue weighted by Gasteiger charge is 2.11. The Balaban J connectivity index is 2.17. The van der Waals surface area contributed by atoms with Crippen molar-refractivity contribution in [2.75, 3.05) is 19.8 Å². The molecule has 1 aromatic carbocycles. The van der Waals surface area contributed by atoms with Crippen molar-refractivity contribution in [2.24, 2.45) is 0 Å². The molecule has 1 rings (SSSR count). The first-order valence-corrected chi connectivity index (χ1v) is 7.21. The van der Waals surface area contributed by atoms with Crippen LogP contribution >= 0.6 is 0 Å². The Kier molecular flexibility index (Phi) is 8.47. The maximum atomic E-state index is 11.6. The number of unbranched alkanes of at least 4 members (excludes halogenated alkanes) is 1. The van der Waals surface area contributed by atoms with Crippen molar-refractivity contribution in [3.8, 4) is 5.75 Å². The van der Waals surface area contributed by atoms with Crippen molar-refractivity contribution < 1.29 is 19.0 Å². The Morgan fingerprint density at radius 2 is 1.95 bits per heavy atom. The highest BCUT2D eigenvalue weighted by atomic mass is 16.6. The van der Waals surface area contributed by atoms with E-state index in [9.17, 15) is 4.79 Å². The lowest BCUT2D eigenvalue weighted by Gasteiger charge is -2.16. The van der Waals surface area contributed by atoms with Crippen LogP contribution in [0.5, 0.6) is 5.75 Å².